The summed E-state index contributed by atoms with van der Waals surface area (Å²) in [6.07, 6.45) is 0.871. The minimum Gasteiger partial charge on any atom is -0.495 e. The van der Waals surface area contributed by atoms with Gasteiger partial charge in [0.2, 0.25) is 0 Å². The standard InChI is InChI=1S/C26H29N3O5S/c1-18(20-6-4-3-5-7-20)29(31)26(30)28-24-11-10-23(15-25(24)34-2)35(32,33)17-19-8-9-22-16-27-13-12-21(22)14-19/h3-11,14-15,18,27,31H,12-13,16-17H2,1-2H3,(H,28,30). The molecule has 0 aliphatic carbocycles. The van der Waals surface area contributed by atoms with Crippen LogP contribution in [0.2, 0.25) is 0 Å². The van der Waals surface area contributed by atoms with Gasteiger partial charge < -0.3 is 15.4 Å². The van der Waals surface area contributed by atoms with E-state index in [4.69, 9.17) is 4.74 Å². The number of sulfone groups is 1. The molecule has 0 radical (unpaired) electrons. The van der Waals surface area contributed by atoms with E-state index in [-0.39, 0.29) is 22.1 Å². The van der Waals surface area contributed by atoms with Gasteiger partial charge in [0.25, 0.3) is 0 Å². The minimum atomic E-state index is -3.65. The molecule has 4 rings (SSSR count). The number of ether oxygens (including phenoxy) is 1. The van der Waals surface area contributed by atoms with Crippen LogP contribution in [0.5, 0.6) is 5.75 Å². The first-order valence-corrected chi connectivity index (χ1v) is 13.0. The number of amides is 2. The Kier molecular flexibility index (Phi) is 7.39. The molecule has 8 nitrogen and oxygen atoms in total. The molecule has 1 heterocycles. The number of nitrogens with zero attached hydrogens (tertiary/aromatic N) is 1. The molecule has 0 spiro atoms. The van der Waals surface area contributed by atoms with Crippen LogP contribution in [-0.2, 0) is 28.6 Å². The van der Waals surface area contributed by atoms with Gasteiger partial charge in [0.05, 0.1) is 29.5 Å². The molecule has 35 heavy (non-hydrogen) atoms. The largest absolute Gasteiger partial charge is 0.495 e. The van der Waals surface area contributed by atoms with Gasteiger partial charge in [-0.1, -0.05) is 48.5 Å². The fourth-order valence-corrected chi connectivity index (χ4v) is 5.46. The van der Waals surface area contributed by atoms with Gasteiger partial charge in [0.1, 0.15) is 5.75 Å². The summed E-state index contributed by atoms with van der Waals surface area (Å²) in [5, 5.41) is 16.9. The lowest BCUT2D eigenvalue weighted by Crippen LogP contribution is -2.34. The van der Waals surface area contributed by atoms with E-state index in [1.165, 1.54) is 36.4 Å². The molecule has 1 aliphatic rings. The van der Waals surface area contributed by atoms with Crippen molar-refractivity contribution < 1.29 is 23.2 Å². The highest BCUT2D eigenvalue weighted by Gasteiger charge is 2.23. The topological polar surface area (TPSA) is 108 Å². The van der Waals surface area contributed by atoms with Gasteiger partial charge in [0.15, 0.2) is 9.84 Å². The highest BCUT2D eigenvalue weighted by atomic mass is 32.2. The van der Waals surface area contributed by atoms with Gasteiger partial charge in [-0.25, -0.2) is 13.2 Å². The second kappa shape index (κ2) is 10.5. The Balaban J connectivity index is 1.50. The van der Waals surface area contributed by atoms with E-state index in [1.54, 1.807) is 19.1 Å². The Morgan fingerprint density at radius 1 is 1.11 bits per heavy atom. The molecule has 0 aromatic heterocycles. The van der Waals surface area contributed by atoms with Crippen molar-refractivity contribution in [1.82, 2.24) is 10.4 Å². The van der Waals surface area contributed by atoms with Gasteiger partial charge in [-0.05, 0) is 54.3 Å². The first-order chi connectivity index (χ1) is 16.8. The Labute approximate surface area is 205 Å². The number of benzene rings is 3. The summed E-state index contributed by atoms with van der Waals surface area (Å²) in [5.41, 5.74) is 4.10. The fourth-order valence-electron chi connectivity index (χ4n) is 4.11. The van der Waals surface area contributed by atoms with Gasteiger partial charge in [-0.15, -0.1) is 0 Å². The Morgan fingerprint density at radius 3 is 2.63 bits per heavy atom. The quantitative estimate of drug-likeness (QED) is 0.333. The summed E-state index contributed by atoms with van der Waals surface area (Å²) < 4.78 is 31.6. The van der Waals surface area contributed by atoms with Crippen molar-refractivity contribution in [1.29, 1.82) is 0 Å². The van der Waals surface area contributed by atoms with Crippen molar-refractivity contribution in [2.75, 3.05) is 19.0 Å². The molecule has 0 bridgehead atoms. The fraction of sp³-hybridized carbons (Fsp3) is 0.269. The van der Waals surface area contributed by atoms with Crippen LogP contribution in [0.1, 0.15) is 35.2 Å². The van der Waals surface area contributed by atoms with Crippen LogP contribution in [0.4, 0.5) is 10.5 Å². The predicted molar refractivity (Wildman–Crippen MR) is 133 cm³/mol. The summed E-state index contributed by atoms with van der Waals surface area (Å²) in [6.45, 7) is 3.37. The summed E-state index contributed by atoms with van der Waals surface area (Å²) >= 11 is 0. The molecular weight excluding hydrogens is 466 g/mol. The van der Waals surface area contributed by atoms with Crippen molar-refractivity contribution in [3.8, 4) is 5.75 Å². The van der Waals surface area contributed by atoms with E-state index in [0.717, 1.165) is 30.6 Å². The van der Waals surface area contributed by atoms with E-state index in [0.29, 0.717) is 5.06 Å². The third kappa shape index (κ3) is 5.64. The van der Waals surface area contributed by atoms with Crippen LogP contribution >= 0.6 is 0 Å². The predicted octanol–water partition coefficient (Wildman–Crippen LogP) is 4.30. The number of rotatable bonds is 7. The molecule has 1 atom stereocenters. The number of hydroxylamine groups is 2. The lowest BCUT2D eigenvalue weighted by Gasteiger charge is -2.23. The van der Waals surface area contributed by atoms with Crippen LogP contribution in [0.25, 0.3) is 0 Å². The molecular formula is C26H29N3O5S. The maximum absolute atomic E-state index is 13.1. The van der Waals surface area contributed by atoms with Crippen LogP contribution in [0.3, 0.4) is 0 Å². The molecule has 3 aromatic carbocycles. The summed E-state index contributed by atoms with van der Waals surface area (Å²) in [4.78, 5) is 12.7. The second-order valence-corrected chi connectivity index (χ2v) is 10.5. The Bertz CT molecular complexity index is 1310. The third-order valence-corrected chi connectivity index (χ3v) is 7.83. The number of anilines is 1. The van der Waals surface area contributed by atoms with Crippen molar-refractivity contribution in [2.24, 2.45) is 0 Å². The van der Waals surface area contributed by atoms with E-state index in [1.807, 2.05) is 36.4 Å². The zero-order valence-electron chi connectivity index (χ0n) is 19.7. The Hall–Kier alpha value is -3.40. The molecule has 1 aliphatic heterocycles. The van der Waals surface area contributed by atoms with Crippen LogP contribution in [0, 0.1) is 0 Å². The van der Waals surface area contributed by atoms with Crippen molar-refractivity contribution in [3.05, 3.63) is 89.0 Å². The van der Waals surface area contributed by atoms with Gasteiger partial charge >= 0.3 is 6.03 Å². The smallest absolute Gasteiger partial charge is 0.346 e. The average molecular weight is 496 g/mol. The van der Waals surface area contributed by atoms with E-state index < -0.39 is 21.9 Å². The average Bonchev–Trinajstić information content (AvgIpc) is 2.88. The minimum absolute atomic E-state index is 0.0882. The third-order valence-electron chi connectivity index (χ3n) is 6.14. The molecule has 3 N–H and O–H groups in total. The lowest BCUT2D eigenvalue weighted by molar-refractivity contribution is -0.0690. The number of carbonyl (C=O) groups excluding carboxylic acids is 1. The summed E-state index contributed by atoms with van der Waals surface area (Å²) in [7, 11) is -2.26. The molecule has 1 unspecified atom stereocenters. The first-order valence-electron chi connectivity index (χ1n) is 11.3. The van der Waals surface area contributed by atoms with E-state index in [9.17, 15) is 18.4 Å². The SMILES string of the molecule is COc1cc(S(=O)(=O)Cc2ccc3c(c2)CCNC3)ccc1NC(=O)N(O)C(C)c1ccccc1. The maximum atomic E-state index is 13.1. The first kappa shape index (κ1) is 24.7. The second-order valence-electron chi connectivity index (χ2n) is 8.51. The molecule has 0 fully saturated rings. The number of carbonyl (C=O) groups is 1. The number of nitrogens with one attached hydrogen (secondary N) is 2. The van der Waals surface area contributed by atoms with Crippen molar-refractivity contribution in [3.63, 3.8) is 0 Å². The van der Waals surface area contributed by atoms with Crippen molar-refractivity contribution >= 4 is 21.6 Å². The monoisotopic (exact) mass is 495 g/mol. The van der Waals surface area contributed by atoms with E-state index >= 15 is 0 Å². The van der Waals surface area contributed by atoms with E-state index in [2.05, 4.69) is 10.6 Å². The molecule has 184 valence electrons. The number of hydrogen-bond donors (Lipinski definition) is 3. The zero-order valence-corrected chi connectivity index (χ0v) is 20.5. The molecule has 3 aromatic rings. The number of methoxy groups -OCH3 is 1. The maximum Gasteiger partial charge on any atom is 0.346 e. The van der Waals surface area contributed by atoms with Gasteiger partial charge in [0, 0.05) is 12.6 Å². The van der Waals surface area contributed by atoms with Crippen molar-refractivity contribution in [2.45, 2.75) is 36.6 Å². The highest BCUT2D eigenvalue weighted by Crippen LogP contribution is 2.30. The number of urea groups is 1. The molecule has 2 amide bonds. The van der Waals surface area contributed by atoms with Gasteiger partial charge in [-0.2, -0.15) is 5.06 Å². The highest BCUT2D eigenvalue weighted by molar-refractivity contribution is 7.90. The number of fused-ring (bicyclic) bond motifs is 1. The molecule has 9 heteroatoms. The summed E-state index contributed by atoms with van der Waals surface area (Å²) in [6, 6.07) is 17.8. The van der Waals surface area contributed by atoms with Crippen LogP contribution in [-0.4, -0.2) is 38.4 Å². The van der Waals surface area contributed by atoms with Crippen LogP contribution < -0.4 is 15.4 Å². The Morgan fingerprint density at radius 2 is 1.89 bits per heavy atom. The molecule has 0 saturated heterocycles. The van der Waals surface area contributed by atoms with Crippen LogP contribution in [0.15, 0.2) is 71.6 Å². The zero-order chi connectivity index (χ0) is 25.0. The summed E-state index contributed by atoms with van der Waals surface area (Å²) in [5.74, 6) is 0.0402. The number of hydrogen-bond acceptors (Lipinski definition) is 6. The normalized spacial score (nSPS) is 14.0. The van der Waals surface area contributed by atoms with Gasteiger partial charge in [-0.3, -0.25) is 5.21 Å². The molecule has 0 saturated carbocycles. The lowest BCUT2D eigenvalue weighted by atomic mass is 9.99.